The highest BCUT2D eigenvalue weighted by molar-refractivity contribution is 5.79. The van der Waals surface area contributed by atoms with Crippen molar-refractivity contribution in [2.24, 2.45) is 5.73 Å². The summed E-state index contributed by atoms with van der Waals surface area (Å²) in [7, 11) is 0. The highest BCUT2D eigenvalue weighted by Crippen LogP contribution is 2.15. The zero-order valence-electron chi connectivity index (χ0n) is 7.85. The van der Waals surface area contributed by atoms with Crippen LogP contribution in [0.15, 0.2) is 24.4 Å². The molecular weight excluding hydrogens is 178 g/mol. The lowest BCUT2D eigenvalue weighted by Gasteiger charge is -2.01. The van der Waals surface area contributed by atoms with E-state index in [0.29, 0.717) is 13.1 Å². The van der Waals surface area contributed by atoms with Crippen molar-refractivity contribution in [3.8, 4) is 0 Å². The van der Waals surface area contributed by atoms with Crippen LogP contribution in [-0.2, 0) is 13.2 Å². The largest absolute Gasteiger partial charge is 0.392 e. The fourth-order valence-electron chi connectivity index (χ4n) is 1.51. The maximum atomic E-state index is 9.00. The van der Waals surface area contributed by atoms with Crippen molar-refractivity contribution in [3.05, 3.63) is 30.0 Å². The minimum Gasteiger partial charge on any atom is -0.392 e. The zero-order valence-corrected chi connectivity index (χ0v) is 7.85. The summed E-state index contributed by atoms with van der Waals surface area (Å²) in [6.07, 6.45) is 1.81. The molecule has 0 bridgehead atoms. The number of nitrogens with zero attached hydrogens (tertiary/aromatic N) is 2. The molecule has 0 unspecified atom stereocenters. The van der Waals surface area contributed by atoms with Crippen molar-refractivity contribution in [1.82, 2.24) is 9.78 Å². The second-order valence-electron chi connectivity index (χ2n) is 3.21. The molecule has 0 aliphatic heterocycles. The van der Waals surface area contributed by atoms with E-state index < -0.39 is 0 Å². The van der Waals surface area contributed by atoms with Crippen LogP contribution in [-0.4, -0.2) is 21.4 Å². The SMILES string of the molecule is NCCn1ncc2ccc(CO)cc21. The van der Waals surface area contributed by atoms with Crippen LogP contribution in [0.3, 0.4) is 0 Å². The maximum absolute atomic E-state index is 9.00. The lowest BCUT2D eigenvalue weighted by atomic mass is 10.2. The Morgan fingerprint density at radius 3 is 3.00 bits per heavy atom. The maximum Gasteiger partial charge on any atom is 0.0686 e. The summed E-state index contributed by atoms with van der Waals surface area (Å²) in [5.74, 6) is 0. The Bertz CT molecular complexity index is 436. The second-order valence-corrected chi connectivity index (χ2v) is 3.21. The third-order valence-corrected chi connectivity index (χ3v) is 2.23. The van der Waals surface area contributed by atoms with Gasteiger partial charge in [0, 0.05) is 11.9 Å². The van der Waals surface area contributed by atoms with Gasteiger partial charge in [0.25, 0.3) is 0 Å². The summed E-state index contributed by atoms with van der Waals surface area (Å²) >= 11 is 0. The quantitative estimate of drug-likeness (QED) is 0.742. The third-order valence-electron chi connectivity index (χ3n) is 2.23. The molecule has 1 aromatic heterocycles. The van der Waals surface area contributed by atoms with Gasteiger partial charge in [0.15, 0.2) is 0 Å². The Kier molecular flexibility index (Phi) is 2.47. The average Bonchev–Trinajstić information content (AvgIpc) is 2.61. The van der Waals surface area contributed by atoms with Crippen molar-refractivity contribution >= 4 is 10.9 Å². The summed E-state index contributed by atoms with van der Waals surface area (Å²) in [5.41, 5.74) is 7.40. The summed E-state index contributed by atoms with van der Waals surface area (Å²) in [6.45, 7) is 1.34. The van der Waals surface area contributed by atoms with Crippen molar-refractivity contribution in [2.45, 2.75) is 13.2 Å². The molecule has 0 aliphatic rings. The first-order chi connectivity index (χ1) is 6.85. The van der Waals surface area contributed by atoms with Crippen LogP contribution in [0.2, 0.25) is 0 Å². The highest BCUT2D eigenvalue weighted by Gasteiger charge is 2.02. The number of hydrogen-bond donors (Lipinski definition) is 2. The predicted molar refractivity (Wildman–Crippen MR) is 54.7 cm³/mol. The van der Waals surface area contributed by atoms with Gasteiger partial charge in [-0.2, -0.15) is 5.10 Å². The van der Waals surface area contributed by atoms with Gasteiger partial charge in [-0.1, -0.05) is 12.1 Å². The van der Waals surface area contributed by atoms with E-state index in [1.165, 1.54) is 0 Å². The molecular formula is C10H13N3O. The monoisotopic (exact) mass is 191 g/mol. The van der Waals surface area contributed by atoms with E-state index in [1.54, 1.807) is 0 Å². The van der Waals surface area contributed by atoms with Crippen LogP contribution in [0.25, 0.3) is 10.9 Å². The fraction of sp³-hybridized carbons (Fsp3) is 0.300. The molecule has 3 N–H and O–H groups in total. The smallest absolute Gasteiger partial charge is 0.0686 e. The van der Waals surface area contributed by atoms with Gasteiger partial charge in [-0.3, -0.25) is 4.68 Å². The molecule has 4 heteroatoms. The number of nitrogens with two attached hydrogens (primary N) is 1. The van der Waals surface area contributed by atoms with Crippen LogP contribution >= 0.6 is 0 Å². The first kappa shape index (κ1) is 9.18. The van der Waals surface area contributed by atoms with Gasteiger partial charge in [-0.25, -0.2) is 0 Å². The Morgan fingerprint density at radius 1 is 1.43 bits per heavy atom. The Balaban J connectivity index is 2.52. The molecule has 74 valence electrons. The van der Waals surface area contributed by atoms with E-state index in [4.69, 9.17) is 10.8 Å². The molecule has 2 rings (SSSR count). The number of hydrogen-bond acceptors (Lipinski definition) is 3. The van der Waals surface area contributed by atoms with E-state index in [0.717, 1.165) is 16.5 Å². The van der Waals surface area contributed by atoms with E-state index in [1.807, 2.05) is 29.1 Å². The number of benzene rings is 1. The van der Waals surface area contributed by atoms with Gasteiger partial charge in [0.2, 0.25) is 0 Å². The first-order valence-corrected chi connectivity index (χ1v) is 4.60. The topological polar surface area (TPSA) is 64.1 Å². The molecule has 0 amide bonds. The number of aliphatic hydroxyl groups is 1. The van der Waals surface area contributed by atoms with Gasteiger partial charge in [0.1, 0.15) is 0 Å². The van der Waals surface area contributed by atoms with Gasteiger partial charge in [0.05, 0.1) is 24.9 Å². The molecule has 0 saturated carbocycles. The number of aliphatic hydroxyl groups excluding tert-OH is 1. The van der Waals surface area contributed by atoms with Gasteiger partial charge in [-0.15, -0.1) is 0 Å². The third kappa shape index (κ3) is 1.49. The van der Waals surface area contributed by atoms with E-state index in [9.17, 15) is 0 Å². The lowest BCUT2D eigenvalue weighted by Crippen LogP contribution is -2.10. The summed E-state index contributed by atoms with van der Waals surface area (Å²) < 4.78 is 1.86. The van der Waals surface area contributed by atoms with Gasteiger partial charge in [-0.05, 0) is 11.6 Å². The average molecular weight is 191 g/mol. The van der Waals surface area contributed by atoms with E-state index in [2.05, 4.69) is 5.10 Å². The van der Waals surface area contributed by atoms with Crippen molar-refractivity contribution in [3.63, 3.8) is 0 Å². The minimum absolute atomic E-state index is 0.0593. The lowest BCUT2D eigenvalue weighted by molar-refractivity contribution is 0.282. The zero-order chi connectivity index (χ0) is 9.97. The van der Waals surface area contributed by atoms with Crippen molar-refractivity contribution < 1.29 is 5.11 Å². The minimum atomic E-state index is 0.0593. The van der Waals surface area contributed by atoms with Crippen LogP contribution in [0.5, 0.6) is 0 Å². The predicted octanol–water partition coefficient (Wildman–Crippen LogP) is 0.487. The van der Waals surface area contributed by atoms with E-state index >= 15 is 0 Å². The number of rotatable bonds is 3. The molecule has 0 saturated heterocycles. The standard InChI is InChI=1S/C10H13N3O/c11-3-4-13-10-5-8(7-14)1-2-9(10)6-12-13/h1-2,5-6,14H,3-4,7,11H2. The van der Waals surface area contributed by atoms with E-state index in [-0.39, 0.29) is 6.61 Å². The molecule has 0 radical (unpaired) electrons. The molecule has 0 aliphatic carbocycles. The summed E-state index contributed by atoms with van der Waals surface area (Å²) in [6, 6.07) is 5.80. The molecule has 0 atom stereocenters. The molecule has 4 nitrogen and oxygen atoms in total. The van der Waals surface area contributed by atoms with Crippen LogP contribution in [0.4, 0.5) is 0 Å². The summed E-state index contributed by atoms with van der Waals surface area (Å²) in [5, 5.41) is 14.3. The highest BCUT2D eigenvalue weighted by atomic mass is 16.3. The molecule has 0 spiro atoms. The Labute approximate surface area is 81.9 Å². The Hall–Kier alpha value is -1.39. The van der Waals surface area contributed by atoms with Crippen LogP contribution < -0.4 is 5.73 Å². The van der Waals surface area contributed by atoms with Crippen molar-refractivity contribution in [1.29, 1.82) is 0 Å². The number of aromatic nitrogens is 2. The molecule has 2 aromatic rings. The summed E-state index contributed by atoms with van der Waals surface area (Å²) in [4.78, 5) is 0. The van der Waals surface area contributed by atoms with Crippen LogP contribution in [0.1, 0.15) is 5.56 Å². The second kappa shape index (κ2) is 3.77. The van der Waals surface area contributed by atoms with Crippen LogP contribution in [0, 0.1) is 0 Å². The molecule has 0 fully saturated rings. The Morgan fingerprint density at radius 2 is 2.29 bits per heavy atom. The fourth-order valence-corrected chi connectivity index (χ4v) is 1.51. The normalized spacial score (nSPS) is 11.0. The first-order valence-electron chi connectivity index (χ1n) is 4.60. The molecule has 1 heterocycles. The molecule has 14 heavy (non-hydrogen) atoms. The number of fused-ring (bicyclic) bond motifs is 1. The van der Waals surface area contributed by atoms with Gasteiger partial charge < -0.3 is 10.8 Å². The van der Waals surface area contributed by atoms with Crippen molar-refractivity contribution in [2.75, 3.05) is 6.54 Å². The van der Waals surface area contributed by atoms with Gasteiger partial charge >= 0.3 is 0 Å². The molecule has 1 aromatic carbocycles.